The standard InChI is InChI=1S/C21H39NO3/c1-18(24)13-14-21(25-17-16-23)22-15-6-5-11-20(22)12-7-10-19-8-3-2-4-9-19/h19-21,23H,2-17H2,1H3. The minimum Gasteiger partial charge on any atom is -0.394 e. The number of aliphatic hydroxyl groups is 1. The van der Waals surface area contributed by atoms with Crippen LogP contribution in [0.2, 0.25) is 0 Å². The summed E-state index contributed by atoms with van der Waals surface area (Å²) in [6, 6.07) is 0.591. The Kier molecular flexibility index (Phi) is 10.0. The molecule has 2 aliphatic rings. The minimum atomic E-state index is -0.00368. The van der Waals surface area contributed by atoms with Crippen molar-refractivity contribution in [3.8, 4) is 0 Å². The largest absolute Gasteiger partial charge is 0.394 e. The molecule has 0 bridgehead atoms. The Morgan fingerprint density at radius 1 is 1.12 bits per heavy atom. The molecule has 2 rings (SSSR count). The van der Waals surface area contributed by atoms with Crippen LogP contribution in [0.15, 0.2) is 0 Å². The normalized spacial score (nSPS) is 24.3. The number of piperidine rings is 1. The summed E-state index contributed by atoms with van der Waals surface area (Å²) in [6.07, 6.45) is 16.3. The highest BCUT2D eigenvalue weighted by atomic mass is 16.5. The van der Waals surface area contributed by atoms with Gasteiger partial charge in [0.25, 0.3) is 0 Å². The molecule has 1 heterocycles. The van der Waals surface area contributed by atoms with E-state index in [0.29, 0.717) is 19.1 Å². The van der Waals surface area contributed by atoms with Crippen LogP contribution in [0.4, 0.5) is 0 Å². The van der Waals surface area contributed by atoms with E-state index in [1.165, 1.54) is 70.6 Å². The predicted molar refractivity (Wildman–Crippen MR) is 102 cm³/mol. The van der Waals surface area contributed by atoms with Crippen molar-refractivity contribution in [2.75, 3.05) is 19.8 Å². The summed E-state index contributed by atoms with van der Waals surface area (Å²) >= 11 is 0. The fraction of sp³-hybridized carbons (Fsp3) is 0.952. The Labute approximate surface area is 154 Å². The average Bonchev–Trinajstić information content (AvgIpc) is 2.63. The quantitative estimate of drug-likeness (QED) is 0.602. The van der Waals surface area contributed by atoms with Gasteiger partial charge in [-0.15, -0.1) is 0 Å². The molecule has 1 aliphatic heterocycles. The molecule has 1 saturated heterocycles. The van der Waals surface area contributed by atoms with Gasteiger partial charge in [-0.25, -0.2) is 0 Å². The fourth-order valence-electron chi connectivity index (χ4n) is 4.69. The molecular weight excluding hydrogens is 314 g/mol. The van der Waals surface area contributed by atoms with E-state index < -0.39 is 0 Å². The molecule has 0 aromatic carbocycles. The first-order valence-electron chi connectivity index (χ1n) is 10.7. The van der Waals surface area contributed by atoms with Crippen LogP contribution in [0.25, 0.3) is 0 Å². The van der Waals surface area contributed by atoms with Gasteiger partial charge in [-0.1, -0.05) is 51.4 Å². The molecule has 2 atom stereocenters. The van der Waals surface area contributed by atoms with Crippen molar-refractivity contribution in [1.29, 1.82) is 0 Å². The molecule has 0 aromatic rings. The van der Waals surface area contributed by atoms with Gasteiger partial charge in [0, 0.05) is 19.0 Å². The maximum absolute atomic E-state index is 11.4. The highest BCUT2D eigenvalue weighted by molar-refractivity contribution is 5.75. The van der Waals surface area contributed by atoms with E-state index in [1.807, 2.05) is 0 Å². The Morgan fingerprint density at radius 3 is 2.60 bits per heavy atom. The summed E-state index contributed by atoms with van der Waals surface area (Å²) < 4.78 is 5.93. The zero-order valence-corrected chi connectivity index (χ0v) is 16.3. The van der Waals surface area contributed by atoms with Crippen LogP contribution in [0.5, 0.6) is 0 Å². The van der Waals surface area contributed by atoms with Crippen molar-refractivity contribution in [3.05, 3.63) is 0 Å². The number of carbonyl (C=O) groups is 1. The molecule has 0 spiro atoms. The number of ether oxygens (including phenoxy) is 1. The van der Waals surface area contributed by atoms with Gasteiger partial charge in [0.05, 0.1) is 13.2 Å². The minimum absolute atomic E-state index is 0.00368. The lowest BCUT2D eigenvalue weighted by molar-refractivity contribution is -0.123. The Morgan fingerprint density at radius 2 is 1.88 bits per heavy atom. The van der Waals surface area contributed by atoms with E-state index in [1.54, 1.807) is 6.92 Å². The van der Waals surface area contributed by atoms with E-state index in [9.17, 15) is 4.79 Å². The van der Waals surface area contributed by atoms with Crippen molar-refractivity contribution in [1.82, 2.24) is 4.90 Å². The van der Waals surface area contributed by atoms with Gasteiger partial charge >= 0.3 is 0 Å². The maximum atomic E-state index is 11.4. The highest BCUT2D eigenvalue weighted by Gasteiger charge is 2.29. The van der Waals surface area contributed by atoms with Gasteiger partial charge in [-0.2, -0.15) is 0 Å². The molecule has 4 nitrogen and oxygen atoms in total. The van der Waals surface area contributed by atoms with Gasteiger partial charge < -0.3 is 14.6 Å². The number of nitrogens with zero attached hydrogens (tertiary/aromatic N) is 1. The highest BCUT2D eigenvalue weighted by Crippen LogP contribution is 2.30. The van der Waals surface area contributed by atoms with E-state index in [2.05, 4.69) is 4.90 Å². The van der Waals surface area contributed by atoms with Crippen molar-refractivity contribution in [2.45, 2.75) is 103 Å². The van der Waals surface area contributed by atoms with E-state index in [-0.39, 0.29) is 18.6 Å². The molecule has 0 amide bonds. The lowest BCUT2D eigenvalue weighted by Gasteiger charge is -2.41. The summed E-state index contributed by atoms with van der Waals surface area (Å²) in [5.74, 6) is 1.19. The zero-order valence-electron chi connectivity index (χ0n) is 16.3. The first-order chi connectivity index (χ1) is 12.2. The third kappa shape index (κ3) is 7.76. The molecule has 25 heavy (non-hydrogen) atoms. The molecule has 2 fully saturated rings. The summed E-state index contributed by atoms with van der Waals surface area (Å²) in [6.45, 7) is 3.15. The molecule has 0 aromatic heterocycles. The summed E-state index contributed by atoms with van der Waals surface area (Å²) in [5.41, 5.74) is 0. The first-order valence-corrected chi connectivity index (χ1v) is 10.7. The van der Waals surface area contributed by atoms with Gasteiger partial charge in [0.2, 0.25) is 0 Å². The molecule has 2 unspecified atom stereocenters. The summed E-state index contributed by atoms with van der Waals surface area (Å²) in [7, 11) is 0. The van der Waals surface area contributed by atoms with E-state index in [0.717, 1.165) is 18.9 Å². The SMILES string of the molecule is CC(=O)CCC(OCCO)N1CCCCC1CCCC1CCCCC1. The zero-order chi connectivity index (χ0) is 17.9. The van der Waals surface area contributed by atoms with Gasteiger partial charge in [0.1, 0.15) is 12.0 Å². The fourth-order valence-corrected chi connectivity index (χ4v) is 4.69. The Balaban J connectivity index is 1.83. The van der Waals surface area contributed by atoms with Crippen molar-refractivity contribution < 1.29 is 14.6 Å². The molecule has 1 saturated carbocycles. The summed E-state index contributed by atoms with van der Waals surface area (Å²) in [5, 5.41) is 9.13. The average molecular weight is 354 g/mol. The van der Waals surface area contributed by atoms with E-state index >= 15 is 0 Å². The second-order valence-corrected chi connectivity index (χ2v) is 8.11. The van der Waals surface area contributed by atoms with Gasteiger partial charge in [-0.3, -0.25) is 4.90 Å². The number of Topliss-reactive ketones (excluding diaryl/α,β-unsaturated/α-hetero) is 1. The predicted octanol–water partition coefficient (Wildman–Crippen LogP) is 4.30. The maximum Gasteiger partial charge on any atom is 0.129 e. The van der Waals surface area contributed by atoms with Crippen molar-refractivity contribution in [2.24, 2.45) is 5.92 Å². The van der Waals surface area contributed by atoms with Crippen molar-refractivity contribution in [3.63, 3.8) is 0 Å². The lowest BCUT2D eigenvalue weighted by Crippen LogP contribution is -2.48. The first kappa shape index (κ1) is 20.9. The van der Waals surface area contributed by atoms with E-state index in [4.69, 9.17) is 9.84 Å². The monoisotopic (exact) mass is 353 g/mol. The number of rotatable bonds is 11. The van der Waals surface area contributed by atoms with Crippen molar-refractivity contribution >= 4 is 5.78 Å². The molecule has 1 N–H and O–H groups in total. The number of carbonyl (C=O) groups excluding carboxylic acids is 1. The molecule has 4 heteroatoms. The van der Waals surface area contributed by atoms with Crippen LogP contribution >= 0.6 is 0 Å². The second-order valence-electron chi connectivity index (χ2n) is 8.11. The number of hydrogen-bond donors (Lipinski definition) is 1. The molecule has 146 valence electrons. The van der Waals surface area contributed by atoms with Crippen LogP contribution in [0.3, 0.4) is 0 Å². The summed E-state index contributed by atoms with van der Waals surface area (Å²) in [4.78, 5) is 13.9. The lowest BCUT2D eigenvalue weighted by atomic mass is 9.85. The molecule has 0 radical (unpaired) electrons. The topological polar surface area (TPSA) is 49.8 Å². The number of aliphatic hydroxyl groups excluding tert-OH is 1. The van der Waals surface area contributed by atoms with Gasteiger partial charge in [-0.05, 0) is 38.5 Å². The van der Waals surface area contributed by atoms with Crippen LogP contribution in [-0.2, 0) is 9.53 Å². The van der Waals surface area contributed by atoms with Crippen LogP contribution in [0.1, 0.15) is 90.4 Å². The van der Waals surface area contributed by atoms with Gasteiger partial charge in [0.15, 0.2) is 0 Å². The van der Waals surface area contributed by atoms with Crippen LogP contribution in [-0.4, -0.2) is 47.8 Å². The van der Waals surface area contributed by atoms with Crippen LogP contribution < -0.4 is 0 Å². The third-order valence-electron chi connectivity index (χ3n) is 6.06. The molecule has 1 aliphatic carbocycles. The smallest absolute Gasteiger partial charge is 0.129 e. The molecular formula is C21H39NO3. The Hall–Kier alpha value is -0.450. The second kappa shape index (κ2) is 12.0. The third-order valence-corrected chi connectivity index (χ3v) is 6.06. The number of ketones is 1. The van der Waals surface area contributed by atoms with Crippen LogP contribution in [0, 0.1) is 5.92 Å². The Bertz CT molecular complexity index is 368. The number of likely N-dealkylation sites (tertiary alicyclic amines) is 1. The number of hydrogen-bond acceptors (Lipinski definition) is 4.